The van der Waals surface area contributed by atoms with Gasteiger partial charge in [-0.05, 0) is 26.0 Å². The summed E-state index contributed by atoms with van der Waals surface area (Å²) in [6.07, 6.45) is 1.14. The molecule has 0 radical (unpaired) electrons. The number of carboxylic acids is 1. The average molecular weight is 283 g/mol. The Morgan fingerprint density at radius 2 is 2.26 bits per heavy atom. The number of hydrogen-bond acceptors (Lipinski definition) is 4. The summed E-state index contributed by atoms with van der Waals surface area (Å²) in [7, 11) is 0. The van der Waals surface area contributed by atoms with Gasteiger partial charge in [0.05, 0.1) is 6.54 Å². The van der Waals surface area contributed by atoms with Crippen molar-refractivity contribution in [3.63, 3.8) is 0 Å². The van der Waals surface area contributed by atoms with Crippen LogP contribution in [0.2, 0.25) is 0 Å². The fourth-order valence-electron chi connectivity index (χ4n) is 2.28. The predicted molar refractivity (Wildman–Crippen MR) is 76.8 cm³/mol. The van der Waals surface area contributed by atoms with Gasteiger partial charge in [0.2, 0.25) is 5.76 Å². The van der Waals surface area contributed by atoms with E-state index in [1.165, 1.54) is 0 Å². The van der Waals surface area contributed by atoms with Crippen LogP contribution in [0.25, 0.3) is 0 Å². The molecule has 0 amide bonds. The minimum atomic E-state index is -0.990. The Labute approximate surface area is 118 Å². The van der Waals surface area contributed by atoms with Gasteiger partial charge in [-0.2, -0.15) is 11.8 Å². The zero-order chi connectivity index (χ0) is 14.0. The molecule has 1 fully saturated rings. The molecule has 1 N–H and O–H groups in total. The van der Waals surface area contributed by atoms with E-state index < -0.39 is 5.97 Å². The zero-order valence-corrected chi connectivity index (χ0v) is 12.5. The number of rotatable bonds is 3. The van der Waals surface area contributed by atoms with Crippen LogP contribution in [0.4, 0.5) is 0 Å². The van der Waals surface area contributed by atoms with Crippen LogP contribution in [0.1, 0.15) is 42.1 Å². The highest BCUT2D eigenvalue weighted by Crippen LogP contribution is 2.31. The van der Waals surface area contributed by atoms with E-state index in [0.29, 0.717) is 16.9 Å². The third kappa shape index (κ3) is 3.76. The summed E-state index contributed by atoms with van der Waals surface area (Å²) in [4.78, 5) is 13.3. The second kappa shape index (κ2) is 5.59. The molecule has 0 bridgehead atoms. The van der Waals surface area contributed by atoms with E-state index in [0.717, 1.165) is 31.0 Å². The topological polar surface area (TPSA) is 53.7 Å². The lowest BCUT2D eigenvalue weighted by Crippen LogP contribution is -2.26. The number of furan rings is 1. The van der Waals surface area contributed by atoms with Gasteiger partial charge in [-0.25, -0.2) is 4.79 Å². The summed E-state index contributed by atoms with van der Waals surface area (Å²) in [6, 6.07) is 1.84. The first-order valence-corrected chi connectivity index (χ1v) is 7.55. The van der Waals surface area contributed by atoms with Crippen LogP contribution in [0.5, 0.6) is 0 Å². The Kier molecular flexibility index (Phi) is 4.26. The number of nitrogens with zero attached hydrogens (tertiary/aromatic N) is 1. The molecule has 0 atom stereocenters. The Morgan fingerprint density at radius 1 is 1.53 bits per heavy atom. The van der Waals surface area contributed by atoms with Gasteiger partial charge in [0, 0.05) is 22.6 Å². The second-order valence-electron chi connectivity index (χ2n) is 5.66. The zero-order valence-electron chi connectivity index (χ0n) is 11.7. The molecule has 4 nitrogen and oxygen atoms in total. The highest BCUT2D eigenvalue weighted by molar-refractivity contribution is 8.00. The molecular weight excluding hydrogens is 262 g/mol. The van der Waals surface area contributed by atoms with E-state index in [-0.39, 0.29) is 5.76 Å². The summed E-state index contributed by atoms with van der Waals surface area (Å²) >= 11 is 2.00. The first kappa shape index (κ1) is 14.5. The predicted octanol–water partition coefficient (Wildman–Crippen LogP) is 3.00. The first-order valence-electron chi connectivity index (χ1n) is 6.56. The highest BCUT2D eigenvalue weighted by Gasteiger charge is 2.24. The second-order valence-corrected chi connectivity index (χ2v) is 7.47. The van der Waals surface area contributed by atoms with Crippen molar-refractivity contribution in [2.24, 2.45) is 0 Å². The average Bonchev–Trinajstić information content (AvgIpc) is 2.57. The molecule has 2 heterocycles. The lowest BCUT2D eigenvalue weighted by Gasteiger charge is -2.22. The van der Waals surface area contributed by atoms with Crippen LogP contribution in [-0.2, 0) is 6.54 Å². The minimum absolute atomic E-state index is 0.0690. The standard InChI is InChI=1S/C14H21NO3S/c1-10-8-11(18-12(10)13(16)17)9-15-5-4-14(2,3)19-7-6-15/h8H,4-7,9H2,1-3H3,(H,16,17). The normalized spacial score (nSPS) is 20.2. The van der Waals surface area contributed by atoms with Crippen molar-refractivity contribution in [2.45, 2.75) is 38.5 Å². The van der Waals surface area contributed by atoms with Crippen molar-refractivity contribution in [2.75, 3.05) is 18.8 Å². The van der Waals surface area contributed by atoms with Crippen LogP contribution in [0.15, 0.2) is 10.5 Å². The molecule has 1 saturated heterocycles. The minimum Gasteiger partial charge on any atom is -0.475 e. The van der Waals surface area contributed by atoms with Crippen LogP contribution in [0.3, 0.4) is 0 Å². The summed E-state index contributed by atoms with van der Waals surface area (Å²) in [6.45, 7) is 9.09. The Morgan fingerprint density at radius 3 is 2.89 bits per heavy atom. The number of aromatic carboxylic acids is 1. The molecule has 0 unspecified atom stereocenters. The SMILES string of the molecule is Cc1cc(CN2CCSC(C)(C)CC2)oc1C(=O)O. The molecule has 5 heteroatoms. The largest absolute Gasteiger partial charge is 0.475 e. The number of thioether (sulfide) groups is 1. The van der Waals surface area contributed by atoms with Gasteiger partial charge in [0.1, 0.15) is 5.76 Å². The Hall–Kier alpha value is -0.940. The van der Waals surface area contributed by atoms with Crippen molar-refractivity contribution in [3.8, 4) is 0 Å². The van der Waals surface area contributed by atoms with E-state index in [1.807, 2.05) is 17.8 Å². The Bertz CT molecular complexity index is 467. The molecular formula is C14H21NO3S. The summed E-state index contributed by atoms with van der Waals surface area (Å²) in [5, 5.41) is 8.99. The fraction of sp³-hybridized carbons (Fsp3) is 0.643. The van der Waals surface area contributed by atoms with Gasteiger partial charge in [-0.3, -0.25) is 4.90 Å². The monoisotopic (exact) mass is 283 g/mol. The summed E-state index contributed by atoms with van der Waals surface area (Å²) < 4.78 is 5.76. The molecule has 0 spiro atoms. The van der Waals surface area contributed by atoms with E-state index in [2.05, 4.69) is 18.7 Å². The number of aryl methyl sites for hydroxylation is 1. The molecule has 0 aliphatic carbocycles. The van der Waals surface area contributed by atoms with Crippen LogP contribution in [0, 0.1) is 6.92 Å². The quantitative estimate of drug-likeness (QED) is 0.924. The van der Waals surface area contributed by atoms with Gasteiger partial charge >= 0.3 is 5.97 Å². The van der Waals surface area contributed by atoms with Crippen molar-refractivity contribution >= 4 is 17.7 Å². The smallest absolute Gasteiger partial charge is 0.372 e. The van der Waals surface area contributed by atoms with E-state index >= 15 is 0 Å². The maximum atomic E-state index is 11.0. The van der Waals surface area contributed by atoms with Gasteiger partial charge in [0.15, 0.2) is 0 Å². The molecule has 19 heavy (non-hydrogen) atoms. The fourth-order valence-corrected chi connectivity index (χ4v) is 3.42. The van der Waals surface area contributed by atoms with Gasteiger partial charge in [-0.1, -0.05) is 13.8 Å². The van der Waals surface area contributed by atoms with Gasteiger partial charge in [-0.15, -0.1) is 0 Å². The first-order chi connectivity index (χ1) is 8.87. The van der Waals surface area contributed by atoms with Crippen molar-refractivity contribution in [1.29, 1.82) is 0 Å². The lowest BCUT2D eigenvalue weighted by molar-refractivity contribution is 0.0657. The molecule has 1 aliphatic heterocycles. The van der Waals surface area contributed by atoms with Crippen LogP contribution >= 0.6 is 11.8 Å². The summed E-state index contributed by atoms with van der Waals surface area (Å²) in [5.74, 6) is 0.939. The molecule has 1 aromatic heterocycles. The van der Waals surface area contributed by atoms with Crippen molar-refractivity contribution in [3.05, 3.63) is 23.2 Å². The summed E-state index contributed by atoms with van der Waals surface area (Å²) in [5.41, 5.74) is 0.701. The van der Waals surface area contributed by atoms with Gasteiger partial charge in [0.25, 0.3) is 0 Å². The number of carbonyl (C=O) groups is 1. The van der Waals surface area contributed by atoms with Gasteiger partial charge < -0.3 is 9.52 Å². The molecule has 1 aromatic rings. The lowest BCUT2D eigenvalue weighted by atomic mass is 10.1. The van der Waals surface area contributed by atoms with E-state index in [1.54, 1.807) is 6.92 Å². The van der Waals surface area contributed by atoms with Crippen LogP contribution in [-0.4, -0.2) is 39.6 Å². The molecule has 0 aromatic carbocycles. The molecule has 106 valence electrons. The molecule has 2 rings (SSSR count). The maximum absolute atomic E-state index is 11.0. The number of carboxylic acid groups (broad SMARTS) is 1. The van der Waals surface area contributed by atoms with E-state index in [4.69, 9.17) is 9.52 Å². The maximum Gasteiger partial charge on any atom is 0.372 e. The third-order valence-electron chi connectivity index (χ3n) is 3.47. The number of hydrogen-bond donors (Lipinski definition) is 1. The van der Waals surface area contributed by atoms with Crippen molar-refractivity contribution < 1.29 is 14.3 Å². The van der Waals surface area contributed by atoms with Crippen LogP contribution < -0.4 is 0 Å². The third-order valence-corrected chi connectivity index (χ3v) is 4.85. The Balaban J connectivity index is 2.01. The highest BCUT2D eigenvalue weighted by atomic mass is 32.2. The van der Waals surface area contributed by atoms with Crippen molar-refractivity contribution in [1.82, 2.24) is 4.90 Å². The van der Waals surface area contributed by atoms with E-state index in [9.17, 15) is 4.79 Å². The molecule has 1 aliphatic rings. The molecule has 0 saturated carbocycles.